The molecule has 1 heterocycles. The van der Waals surface area contributed by atoms with E-state index in [1.165, 1.54) is 10.5 Å². The summed E-state index contributed by atoms with van der Waals surface area (Å²) < 4.78 is 5.74. The quantitative estimate of drug-likeness (QED) is 0.413. The molecule has 7 heteroatoms. The summed E-state index contributed by atoms with van der Waals surface area (Å²) in [6.07, 6.45) is 0.996. The molecule has 1 aliphatic heterocycles. The van der Waals surface area contributed by atoms with Gasteiger partial charge < -0.3 is 19.9 Å². The van der Waals surface area contributed by atoms with Crippen LogP contribution in [0.2, 0.25) is 0 Å². The van der Waals surface area contributed by atoms with Crippen LogP contribution in [0.5, 0.6) is 5.75 Å². The Hall–Kier alpha value is -2.80. The summed E-state index contributed by atoms with van der Waals surface area (Å²) in [5, 5.41) is 14.6. The van der Waals surface area contributed by atoms with Crippen LogP contribution in [0.1, 0.15) is 12.5 Å². The molecule has 0 aromatic heterocycles. The van der Waals surface area contributed by atoms with Crippen molar-refractivity contribution < 1.29 is 14.6 Å². The van der Waals surface area contributed by atoms with Crippen molar-refractivity contribution >= 4 is 17.1 Å². The van der Waals surface area contributed by atoms with Gasteiger partial charge in [-0.3, -0.25) is 10.1 Å². The fourth-order valence-corrected chi connectivity index (χ4v) is 3.34. The maximum absolute atomic E-state index is 11.4. The van der Waals surface area contributed by atoms with Crippen molar-refractivity contribution in [3.63, 3.8) is 0 Å². The minimum absolute atomic E-state index is 0.0933. The first-order chi connectivity index (χ1) is 13.6. The molecular formula is C21H29N4O3+. The van der Waals surface area contributed by atoms with Gasteiger partial charge in [0.1, 0.15) is 18.0 Å². The van der Waals surface area contributed by atoms with E-state index in [0.717, 1.165) is 44.0 Å². The zero-order valence-electron chi connectivity index (χ0n) is 16.6. The highest BCUT2D eigenvalue weighted by Gasteiger charge is 2.20. The van der Waals surface area contributed by atoms with Crippen molar-refractivity contribution in [2.45, 2.75) is 13.3 Å². The fraction of sp³-hybridized carbons (Fsp3) is 0.429. The smallest absolute Gasteiger partial charge is 0.292 e. The summed E-state index contributed by atoms with van der Waals surface area (Å²) in [6.45, 7) is 7.11. The molecule has 0 atom stereocenters. The number of aryl methyl sites for hydroxylation is 1. The third kappa shape index (κ3) is 5.13. The van der Waals surface area contributed by atoms with Crippen LogP contribution in [0.15, 0.2) is 42.5 Å². The van der Waals surface area contributed by atoms with E-state index in [1.54, 1.807) is 6.07 Å². The number of nitro groups is 1. The molecular weight excluding hydrogens is 356 g/mol. The number of quaternary nitrogens is 1. The van der Waals surface area contributed by atoms with Gasteiger partial charge in [0.05, 0.1) is 38.2 Å². The van der Waals surface area contributed by atoms with Crippen LogP contribution in [0.4, 0.5) is 17.1 Å². The van der Waals surface area contributed by atoms with Gasteiger partial charge >= 0.3 is 0 Å². The third-order valence-corrected chi connectivity index (χ3v) is 5.18. The molecule has 1 aliphatic rings. The molecule has 3 rings (SSSR count). The van der Waals surface area contributed by atoms with E-state index in [0.29, 0.717) is 18.8 Å². The molecule has 7 nitrogen and oxygen atoms in total. The van der Waals surface area contributed by atoms with Crippen LogP contribution in [0, 0.1) is 10.1 Å². The SMILES string of the molecule is CCc1ccc(OCCNc2cc(N3CC[NH+](C)CC3)ccc2[N+](=O)[O-])cc1. The molecule has 0 saturated carbocycles. The van der Waals surface area contributed by atoms with Gasteiger partial charge in [0.15, 0.2) is 0 Å². The van der Waals surface area contributed by atoms with E-state index < -0.39 is 0 Å². The van der Waals surface area contributed by atoms with E-state index in [1.807, 2.05) is 24.3 Å². The summed E-state index contributed by atoms with van der Waals surface area (Å²) in [4.78, 5) is 14.8. The van der Waals surface area contributed by atoms with E-state index in [2.05, 4.69) is 36.3 Å². The van der Waals surface area contributed by atoms with Crippen molar-refractivity contribution in [3.05, 3.63) is 58.1 Å². The maximum Gasteiger partial charge on any atom is 0.292 e. The van der Waals surface area contributed by atoms with E-state index in [-0.39, 0.29) is 10.6 Å². The predicted octanol–water partition coefficient (Wildman–Crippen LogP) is 1.98. The summed E-state index contributed by atoms with van der Waals surface area (Å²) in [7, 11) is 2.19. The number of ether oxygens (including phenoxy) is 1. The van der Waals surface area contributed by atoms with Gasteiger partial charge in [-0.2, -0.15) is 0 Å². The lowest BCUT2D eigenvalue weighted by Crippen LogP contribution is -3.12. The number of nitrogens with one attached hydrogen (secondary N) is 2. The molecule has 0 unspecified atom stereocenters. The zero-order valence-corrected chi connectivity index (χ0v) is 16.6. The highest BCUT2D eigenvalue weighted by Crippen LogP contribution is 2.29. The van der Waals surface area contributed by atoms with Crippen LogP contribution in [0.25, 0.3) is 0 Å². The average molecular weight is 385 g/mol. The molecule has 2 aromatic rings. The minimum atomic E-state index is -0.343. The highest BCUT2D eigenvalue weighted by molar-refractivity contribution is 5.69. The molecule has 150 valence electrons. The Balaban J connectivity index is 1.60. The molecule has 0 spiro atoms. The van der Waals surface area contributed by atoms with Gasteiger partial charge in [-0.05, 0) is 36.2 Å². The Morgan fingerprint density at radius 3 is 2.54 bits per heavy atom. The summed E-state index contributed by atoms with van der Waals surface area (Å²) in [6, 6.07) is 13.3. The minimum Gasteiger partial charge on any atom is -0.492 e. The number of benzene rings is 2. The molecule has 0 aliphatic carbocycles. The molecule has 2 N–H and O–H groups in total. The highest BCUT2D eigenvalue weighted by atomic mass is 16.6. The molecule has 0 radical (unpaired) electrons. The van der Waals surface area contributed by atoms with E-state index >= 15 is 0 Å². The van der Waals surface area contributed by atoms with Crippen molar-refractivity contribution in [1.29, 1.82) is 0 Å². The first-order valence-electron chi connectivity index (χ1n) is 9.87. The Morgan fingerprint density at radius 2 is 1.89 bits per heavy atom. The maximum atomic E-state index is 11.4. The van der Waals surface area contributed by atoms with Crippen LogP contribution < -0.4 is 19.9 Å². The zero-order chi connectivity index (χ0) is 19.9. The van der Waals surface area contributed by atoms with Crippen molar-refractivity contribution in [2.75, 3.05) is 56.6 Å². The standard InChI is InChI=1S/C21H28N4O3/c1-3-17-4-7-19(8-5-17)28-15-10-22-20-16-18(6-9-21(20)25(26)27)24-13-11-23(2)12-14-24/h4-9,16,22H,3,10-15H2,1-2H3/p+1. The van der Waals surface area contributed by atoms with Gasteiger partial charge in [-0.15, -0.1) is 0 Å². The lowest BCUT2D eigenvalue weighted by Gasteiger charge is -2.32. The molecule has 1 saturated heterocycles. The Morgan fingerprint density at radius 1 is 1.18 bits per heavy atom. The van der Waals surface area contributed by atoms with Gasteiger partial charge in [-0.25, -0.2) is 0 Å². The number of piperazine rings is 1. The third-order valence-electron chi connectivity index (χ3n) is 5.18. The molecule has 2 aromatic carbocycles. The number of nitro benzene ring substituents is 1. The monoisotopic (exact) mass is 385 g/mol. The topological polar surface area (TPSA) is 72.1 Å². The number of anilines is 2. The Bertz CT molecular complexity index is 787. The fourth-order valence-electron chi connectivity index (χ4n) is 3.34. The van der Waals surface area contributed by atoms with Crippen molar-refractivity contribution in [3.8, 4) is 5.75 Å². The van der Waals surface area contributed by atoms with Crippen molar-refractivity contribution in [2.24, 2.45) is 0 Å². The predicted molar refractivity (Wildman–Crippen MR) is 112 cm³/mol. The van der Waals surface area contributed by atoms with Gasteiger partial charge in [0, 0.05) is 18.3 Å². The van der Waals surface area contributed by atoms with Crippen LogP contribution >= 0.6 is 0 Å². The van der Waals surface area contributed by atoms with E-state index in [4.69, 9.17) is 4.74 Å². The number of hydrogen-bond acceptors (Lipinski definition) is 5. The summed E-state index contributed by atoms with van der Waals surface area (Å²) >= 11 is 0. The van der Waals surface area contributed by atoms with E-state index in [9.17, 15) is 10.1 Å². The first-order valence-corrected chi connectivity index (χ1v) is 9.87. The van der Waals surface area contributed by atoms with Crippen LogP contribution in [-0.2, 0) is 6.42 Å². The second-order valence-electron chi connectivity index (χ2n) is 7.18. The Kier molecular flexibility index (Phi) is 6.71. The first kappa shape index (κ1) is 19.9. The molecule has 0 amide bonds. The second kappa shape index (κ2) is 9.41. The molecule has 0 bridgehead atoms. The van der Waals surface area contributed by atoms with Gasteiger partial charge in [0.2, 0.25) is 0 Å². The largest absolute Gasteiger partial charge is 0.492 e. The normalized spacial score (nSPS) is 14.7. The van der Waals surface area contributed by atoms with Crippen LogP contribution in [-0.4, -0.2) is 51.3 Å². The number of nitrogens with zero attached hydrogens (tertiary/aromatic N) is 2. The van der Waals surface area contributed by atoms with Crippen LogP contribution in [0.3, 0.4) is 0 Å². The Labute approximate surface area is 166 Å². The summed E-state index contributed by atoms with van der Waals surface area (Å²) in [5.74, 6) is 0.808. The lowest BCUT2D eigenvalue weighted by molar-refractivity contribution is -0.880. The van der Waals surface area contributed by atoms with Gasteiger partial charge in [-0.1, -0.05) is 19.1 Å². The molecule has 1 fully saturated rings. The second-order valence-corrected chi connectivity index (χ2v) is 7.18. The van der Waals surface area contributed by atoms with Crippen molar-refractivity contribution in [1.82, 2.24) is 0 Å². The lowest BCUT2D eigenvalue weighted by atomic mass is 10.2. The van der Waals surface area contributed by atoms with Gasteiger partial charge in [0.25, 0.3) is 5.69 Å². The number of hydrogen-bond donors (Lipinski definition) is 2. The number of rotatable bonds is 8. The number of likely N-dealkylation sites (N-methyl/N-ethyl adjacent to an activating group) is 1. The molecule has 28 heavy (non-hydrogen) atoms. The average Bonchev–Trinajstić information content (AvgIpc) is 2.72. The summed E-state index contributed by atoms with van der Waals surface area (Å²) in [5.41, 5.74) is 2.93.